The minimum Gasteiger partial charge on any atom is -0.315 e. The number of benzene rings is 1. The molecule has 21 heavy (non-hydrogen) atoms. The van der Waals surface area contributed by atoms with Crippen LogP contribution in [0.4, 0.5) is 10.1 Å². The maximum absolute atomic E-state index is 13.5. The zero-order valence-corrected chi connectivity index (χ0v) is 11.8. The molecule has 4 rings (SSSR count). The summed E-state index contributed by atoms with van der Waals surface area (Å²) < 4.78 is 13.5. The van der Waals surface area contributed by atoms with Crippen LogP contribution in [0.5, 0.6) is 0 Å². The lowest BCUT2D eigenvalue weighted by Gasteiger charge is -2.16. The quantitative estimate of drug-likeness (QED) is 0.847. The van der Waals surface area contributed by atoms with Crippen molar-refractivity contribution in [2.75, 3.05) is 11.9 Å². The molecule has 1 aliphatic carbocycles. The summed E-state index contributed by atoms with van der Waals surface area (Å²) in [6, 6.07) is 5.48. The summed E-state index contributed by atoms with van der Waals surface area (Å²) in [6.45, 7) is 0. The molecule has 1 fully saturated rings. The average Bonchev–Trinajstić information content (AvgIpc) is 3.26. The number of likely N-dealkylation sites (N-methyl/N-ethyl adjacent to an activating group) is 1. The van der Waals surface area contributed by atoms with Gasteiger partial charge in [0.15, 0.2) is 0 Å². The van der Waals surface area contributed by atoms with Gasteiger partial charge in [-0.05, 0) is 47.6 Å². The summed E-state index contributed by atoms with van der Waals surface area (Å²) >= 11 is 0. The van der Waals surface area contributed by atoms with E-state index in [0.29, 0.717) is 12.3 Å². The second-order valence-corrected chi connectivity index (χ2v) is 5.82. The highest BCUT2D eigenvalue weighted by atomic mass is 19.1. The van der Waals surface area contributed by atoms with Crippen molar-refractivity contribution < 1.29 is 9.18 Å². The Morgan fingerprint density at radius 3 is 2.81 bits per heavy atom. The number of aromatic nitrogens is 1. The van der Waals surface area contributed by atoms with E-state index in [0.717, 1.165) is 35.2 Å². The van der Waals surface area contributed by atoms with Crippen molar-refractivity contribution >= 4 is 11.6 Å². The van der Waals surface area contributed by atoms with E-state index in [1.807, 2.05) is 19.2 Å². The van der Waals surface area contributed by atoms with E-state index in [1.165, 1.54) is 17.8 Å². The molecular formula is C17H15FN2O. The molecule has 2 heterocycles. The van der Waals surface area contributed by atoms with Crippen LogP contribution in [0.2, 0.25) is 0 Å². The van der Waals surface area contributed by atoms with Crippen molar-refractivity contribution in [2.24, 2.45) is 0 Å². The summed E-state index contributed by atoms with van der Waals surface area (Å²) in [5, 5.41) is 0. The van der Waals surface area contributed by atoms with Gasteiger partial charge in [-0.3, -0.25) is 9.78 Å². The molecule has 106 valence electrons. The molecule has 0 unspecified atom stereocenters. The summed E-state index contributed by atoms with van der Waals surface area (Å²) in [5.41, 5.74) is 5.15. The average molecular weight is 282 g/mol. The standard InChI is InChI=1S/C17H15FN2O/c1-20-15-5-4-13(11-6-12(18)9-19-8-11)17(10-2-3-10)14(15)7-16(20)21/h4-6,8-10H,2-3,7H2,1H3. The molecule has 1 saturated carbocycles. The van der Waals surface area contributed by atoms with Gasteiger partial charge in [0.05, 0.1) is 12.6 Å². The molecule has 3 nitrogen and oxygen atoms in total. The highest BCUT2D eigenvalue weighted by Crippen LogP contribution is 2.49. The Labute approximate surface area is 122 Å². The minimum absolute atomic E-state index is 0.126. The number of hydrogen-bond donors (Lipinski definition) is 0. The first-order chi connectivity index (χ1) is 10.1. The fourth-order valence-electron chi connectivity index (χ4n) is 3.21. The summed E-state index contributed by atoms with van der Waals surface area (Å²) in [7, 11) is 1.81. The number of amides is 1. The van der Waals surface area contributed by atoms with Crippen molar-refractivity contribution in [3.05, 3.63) is 47.5 Å². The number of rotatable bonds is 2. The highest BCUT2D eigenvalue weighted by Gasteiger charge is 2.35. The zero-order valence-electron chi connectivity index (χ0n) is 11.8. The molecule has 1 aromatic heterocycles. The van der Waals surface area contributed by atoms with Gasteiger partial charge in [-0.25, -0.2) is 4.39 Å². The predicted octanol–water partition coefficient (Wildman–Crippen LogP) is 3.28. The fraction of sp³-hybridized carbons (Fsp3) is 0.294. The molecule has 0 bridgehead atoms. The van der Waals surface area contributed by atoms with Gasteiger partial charge in [-0.1, -0.05) is 6.07 Å². The molecule has 1 amide bonds. The number of anilines is 1. The van der Waals surface area contributed by atoms with Crippen LogP contribution in [0, 0.1) is 5.82 Å². The zero-order chi connectivity index (χ0) is 14.6. The lowest BCUT2D eigenvalue weighted by Crippen LogP contribution is -2.20. The van der Waals surface area contributed by atoms with Gasteiger partial charge < -0.3 is 4.90 Å². The largest absolute Gasteiger partial charge is 0.315 e. The lowest BCUT2D eigenvalue weighted by atomic mass is 9.91. The highest BCUT2D eigenvalue weighted by molar-refractivity contribution is 6.02. The third-order valence-electron chi connectivity index (χ3n) is 4.40. The van der Waals surface area contributed by atoms with E-state index in [-0.39, 0.29) is 11.7 Å². The van der Waals surface area contributed by atoms with Crippen LogP contribution in [-0.4, -0.2) is 17.9 Å². The number of carbonyl (C=O) groups excluding carboxylic acids is 1. The molecule has 2 aliphatic rings. The second kappa shape index (κ2) is 4.38. The van der Waals surface area contributed by atoms with Gasteiger partial charge in [0.25, 0.3) is 0 Å². The van der Waals surface area contributed by atoms with Gasteiger partial charge in [0.1, 0.15) is 5.82 Å². The SMILES string of the molecule is CN1C(=O)Cc2c1ccc(-c1cncc(F)c1)c2C1CC1. The second-order valence-electron chi connectivity index (χ2n) is 5.82. The molecule has 2 aromatic rings. The third-order valence-corrected chi connectivity index (χ3v) is 4.40. The van der Waals surface area contributed by atoms with Gasteiger partial charge in [0, 0.05) is 24.5 Å². The number of hydrogen-bond acceptors (Lipinski definition) is 2. The van der Waals surface area contributed by atoms with Crippen LogP contribution >= 0.6 is 0 Å². The Morgan fingerprint density at radius 2 is 2.10 bits per heavy atom. The van der Waals surface area contributed by atoms with Gasteiger partial charge in [0.2, 0.25) is 5.91 Å². The van der Waals surface area contributed by atoms with Crippen LogP contribution in [0.1, 0.15) is 29.9 Å². The van der Waals surface area contributed by atoms with E-state index in [4.69, 9.17) is 0 Å². The predicted molar refractivity (Wildman–Crippen MR) is 78.7 cm³/mol. The number of carbonyl (C=O) groups is 1. The van der Waals surface area contributed by atoms with Crippen molar-refractivity contribution in [3.63, 3.8) is 0 Å². The number of pyridine rings is 1. The maximum Gasteiger partial charge on any atom is 0.231 e. The van der Waals surface area contributed by atoms with Crippen LogP contribution in [-0.2, 0) is 11.2 Å². The third kappa shape index (κ3) is 1.94. The van der Waals surface area contributed by atoms with Crippen LogP contribution in [0.25, 0.3) is 11.1 Å². The summed E-state index contributed by atoms with van der Waals surface area (Å²) in [5.74, 6) is 0.293. The Hall–Kier alpha value is -2.23. The van der Waals surface area contributed by atoms with Crippen LogP contribution in [0.15, 0.2) is 30.6 Å². The Morgan fingerprint density at radius 1 is 1.29 bits per heavy atom. The van der Waals surface area contributed by atoms with E-state index in [9.17, 15) is 9.18 Å². The smallest absolute Gasteiger partial charge is 0.231 e. The maximum atomic E-state index is 13.5. The van der Waals surface area contributed by atoms with Crippen LogP contribution < -0.4 is 4.90 Å². The van der Waals surface area contributed by atoms with E-state index >= 15 is 0 Å². The van der Waals surface area contributed by atoms with Gasteiger partial charge in [-0.2, -0.15) is 0 Å². The number of fused-ring (bicyclic) bond motifs is 1. The van der Waals surface area contributed by atoms with Gasteiger partial charge >= 0.3 is 0 Å². The first-order valence-electron chi connectivity index (χ1n) is 7.18. The molecule has 0 N–H and O–H groups in total. The fourth-order valence-corrected chi connectivity index (χ4v) is 3.21. The molecule has 1 aromatic carbocycles. The molecule has 0 atom stereocenters. The Balaban J connectivity index is 1.93. The first kappa shape index (κ1) is 12.5. The summed E-state index contributed by atoms with van der Waals surface area (Å²) in [6.07, 6.45) is 5.64. The Bertz CT molecular complexity index is 752. The molecule has 4 heteroatoms. The molecule has 0 saturated heterocycles. The molecule has 1 aliphatic heterocycles. The minimum atomic E-state index is -0.331. The first-order valence-corrected chi connectivity index (χ1v) is 7.18. The van der Waals surface area contributed by atoms with E-state index in [2.05, 4.69) is 4.98 Å². The van der Waals surface area contributed by atoms with Crippen molar-refractivity contribution in [2.45, 2.75) is 25.2 Å². The molecule has 0 spiro atoms. The summed E-state index contributed by atoms with van der Waals surface area (Å²) in [4.78, 5) is 17.7. The normalized spacial score (nSPS) is 17.2. The molecular weight excluding hydrogens is 267 g/mol. The van der Waals surface area contributed by atoms with Crippen molar-refractivity contribution in [1.82, 2.24) is 4.98 Å². The van der Waals surface area contributed by atoms with E-state index in [1.54, 1.807) is 11.1 Å². The number of halogens is 1. The number of nitrogens with zero attached hydrogens (tertiary/aromatic N) is 2. The molecule has 0 radical (unpaired) electrons. The van der Waals surface area contributed by atoms with E-state index < -0.39 is 0 Å². The lowest BCUT2D eigenvalue weighted by molar-refractivity contribution is -0.117. The van der Waals surface area contributed by atoms with Crippen molar-refractivity contribution in [3.8, 4) is 11.1 Å². The van der Waals surface area contributed by atoms with Gasteiger partial charge in [-0.15, -0.1) is 0 Å². The monoisotopic (exact) mass is 282 g/mol. The van der Waals surface area contributed by atoms with Crippen molar-refractivity contribution in [1.29, 1.82) is 0 Å². The van der Waals surface area contributed by atoms with Crippen LogP contribution in [0.3, 0.4) is 0 Å². The topological polar surface area (TPSA) is 33.2 Å². The Kier molecular flexibility index (Phi) is 2.61.